The average molecular weight is 687 g/mol. The first-order chi connectivity index (χ1) is 22.8. The summed E-state index contributed by atoms with van der Waals surface area (Å²) in [5.74, 6) is 0.827. The van der Waals surface area contributed by atoms with Gasteiger partial charge in [0.1, 0.15) is 17.2 Å². The molecule has 0 fully saturated rings. The highest BCUT2D eigenvalue weighted by molar-refractivity contribution is 7.92. The number of anilines is 1. The third kappa shape index (κ3) is 9.49. The van der Waals surface area contributed by atoms with Crippen molar-refractivity contribution in [3.8, 4) is 11.5 Å². The van der Waals surface area contributed by atoms with Gasteiger partial charge in [-0.05, 0) is 89.9 Å². The Kier molecular flexibility index (Phi) is 12.9. The SMILES string of the molecule is COc1ccc(CN(C)C[C@H]2OCCCC[C@@H](C)Oc3ccc(NS(=O)(=O)c4c(C)noc4C)cc3C(=O)N([C@H](C)CO)C[C@@H]2C)cc1. The van der Waals surface area contributed by atoms with Crippen LogP contribution in [0.1, 0.15) is 67.4 Å². The van der Waals surface area contributed by atoms with E-state index < -0.39 is 16.1 Å². The number of methoxy groups -OCH3 is 1. The van der Waals surface area contributed by atoms with Crippen molar-refractivity contribution in [1.82, 2.24) is 15.0 Å². The number of hydrogen-bond acceptors (Lipinski definition) is 10. The largest absolute Gasteiger partial charge is 0.497 e. The number of amides is 1. The van der Waals surface area contributed by atoms with Gasteiger partial charge in [-0.25, -0.2) is 8.42 Å². The molecule has 2 aromatic carbocycles. The molecular weight excluding hydrogens is 636 g/mol. The standard InChI is InChI=1S/C35H50N4O8S/c1-23-19-39(24(2)22-40)35(41)31-18-29(37-48(42,43)34-26(4)36-47-27(34)5)13-16-32(31)46-25(3)10-8-9-17-45-33(23)21-38(6)20-28-11-14-30(44-7)15-12-28/h11-16,18,23-25,33,37,40H,8-10,17,19-22H2,1-7H3/t23-,24+,25+,33+/m0/s1. The second kappa shape index (κ2) is 16.6. The Labute approximate surface area is 284 Å². The Morgan fingerprint density at radius 2 is 1.88 bits per heavy atom. The van der Waals surface area contributed by atoms with Gasteiger partial charge in [-0.1, -0.05) is 24.2 Å². The van der Waals surface area contributed by atoms with Crippen LogP contribution in [0, 0.1) is 19.8 Å². The second-order valence-electron chi connectivity index (χ2n) is 12.8. The predicted octanol–water partition coefficient (Wildman–Crippen LogP) is 5.03. The number of carbonyl (C=O) groups excluding carboxylic acids is 1. The zero-order chi connectivity index (χ0) is 35.0. The second-order valence-corrected chi connectivity index (χ2v) is 14.4. The van der Waals surface area contributed by atoms with E-state index in [1.54, 1.807) is 38.0 Å². The van der Waals surface area contributed by atoms with Gasteiger partial charge in [0.2, 0.25) is 0 Å². The number of likely N-dealkylation sites (N-methyl/N-ethyl adjacent to an activating group) is 1. The molecule has 13 heteroatoms. The van der Waals surface area contributed by atoms with Crippen LogP contribution in [0.5, 0.6) is 11.5 Å². The van der Waals surface area contributed by atoms with E-state index in [0.29, 0.717) is 32.0 Å². The molecule has 48 heavy (non-hydrogen) atoms. The minimum atomic E-state index is -4.06. The molecule has 12 nitrogen and oxygen atoms in total. The molecule has 0 aliphatic carbocycles. The van der Waals surface area contributed by atoms with Gasteiger partial charge in [0.05, 0.1) is 37.5 Å². The van der Waals surface area contributed by atoms with Gasteiger partial charge < -0.3 is 28.7 Å². The number of aliphatic hydroxyl groups is 1. The van der Waals surface area contributed by atoms with Gasteiger partial charge in [0, 0.05) is 37.8 Å². The van der Waals surface area contributed by atoms with Gasteiger partial charge in [0.25, 0.3) is 15.9 Å². The van der Waals surface area contributed by atoms with Crippen molar-refractivity contribution >= 4 is 21.6 Å². The zero-order valence-electron chi connectivity index (χ0n) is 29.1. The summed E-state index contributed by atoms with van der Waals surface area (Å²) in [6, 6.07) is 12.1. The van der Waals surface area contributed by atoms with Crippen LogP contribution in [0.2, 0.25) is 0 Å². The first-order valence-electron chi connectivity index (χ1n) is 16.4. The zero-order valence-corrected chi connectivity index (χ0v) is 29.9. The van der Waals surface area contributed by atoms with Crippen LogP contribution >= 0.6 is 0 Å². The summed E-state index contributed by atoms with van der Waals surface area (Å²) in [7, 11) is -0.369. The lowest BCUT2D eigenvalue weighted by molar-refractivity contribution is -0.0177. The summed E-state index contributed by atoms with van der Waals surface area (Å²) in [6.07, 6.45) is 2.06. The van der Waals surface area contributed by atoms with E-state index >= 15 is 0 Å². The molecule has 0 bridgehead atoms. The molecule has 264 valence electrons. The highest BCUT2D eigenvalue weighted by Gasteiger charge is 2.31. The number of aromatic nitrogens is 1. The third-order valence-electron chi connectivity index (χ3n) is 8.64. The highest BCUT2D eigenvalue weighted by atomic mass is 32.2. The topological polar surface area (TPSA) is 144 Å². The molecule has 0 unspecified atom stereocenters. The number of ether oxygens (including phenoxy) is 3. The number of sulfonamides is 1. The van der Waals surface area contributed by atoms with E-state index in [1.807, 2.05) is 38.2 Å². The third-order valence-corrected chi connectivity index (χ3v) is 10.3. The maximum absolute atomic E-state index is 14.4. The Bertz CT molecular complexity index is 1590. The number of rotatable bonds is 10. The van der Waals surface area contributed by atoms with E-state index in [0.717, 1.165) is 30.6 Å². The van der Waals surface area contributed by atoms with Crippen LogP contribution in [0.4, 0.5) is 5.69 Å². The van der Waals surface area contributed by atoms with Gasteiger partial charge in [-0.3, -0.25) is 14.4 Å². The van der Waals surface area contributed by atoms with Crippen LogP contribution in [-0.2, 0) is 21.3 Å². The fraction of sp³-hybridized carbons (Fsp3) is 0.543. The van der Waals surface area contributed by atoms with Crippen molar-refractivity contribution < 1.29 is 37.1 Å². The Morgan fingerprint density at radius 1 is 1.15 bits per heavy atom. The van der Waals surface area contributed by atoms with E-state index in [1.165, 1.54) is 13.0 Å². The van der Waals surface area contributed by atoms with Crippen LogP contribution < -0.4 is 14.2 Å². The molecular formula is C35H50N4O8S. The van der Waals surface area contributed by atoms with E-state index in [-0.39, 0.29) is 58.2 Å². The Morgan fingerprint density at radius 3 is 2.52 bits per heavy atom. The molecule has 0 radical (unpaired) electrons. The van der Waals surface area contributed by atoms with Gasteiger partial charge in [-0.15, -0.1) is 0 Å². The molecule has 0 saturated heterocycles. The molecule has 0 saturated carbocycles. The minimum absolute atomic E-state index is 0.0499. The summed E-state index contributed by atoms with van der Waals surface area (Å²) in [5.41, 5.74) is 1.75. The van der Waals surface area contributed by atoms with Crippen molar-refractivity contribution in [3.05, 3.63) is 65.0 Å². The fourth-order valence-corrected chi connectivity index (χ4v) is 7.31. The van der Waals surface area contributed by atoms with E-state index in [9.17, 15) is 18.3 Å². The maximum atomic E-state index is 14.4. The summed E-state index contributed by atoms with van der Waals surface area (Å²) in [4.78, 5) is 18.2. The lowest BCUT2D eigenvalue weighted by atomic mass is 10.0. The Hall–Kier alpha value is -3.65. The van der Waals surface area contributed by atoms with Crippen molar-refractivity contribution in [2.45, 2.75) is 83.6 Å². The number of aliphatic hydroxyl groups excluding tert-OH is 1. The number of nitrogens with one attached hydrogen (secondary N) is 1. The minimum Gasteiger partial charge on any atom is -0.497 e. The predicted molar refractivity (Wildman–Crippen MR) is 183 cm³/mol. The molecule has 2 heterocycles. The van der Waals surface area contributed by atoms with Crippen molar-refractivity contribution in [2.75, 3.05) is 45.2 Å². The molecule has 1 amide bonds. The summed E-state index contributed by atoms with van der Waals surface area (Å²) >= 11 is 0. The molecule has 4 atom stereocenters. The molecule has 2 N–H and O–H groups in total. The molecule has 4 rings (SSSR count). The molecule has 3 aromatic rings. The van der Waals surface area contributed by atoms with Crippen LogP contribution in [-0.4, -0.2) is 93.1 Å². The number of hydrogen-bond donors (Lipinski definition) is 2. The first kappa shape index (κ1) is 37.2. The highest BCUT2D eigenvalue weighted by Crippen LogP contribution is 2.30. The average Bonchev–Trinajstić information content (AvgIpc) is 3.40. The first-order valence-corrected chi connectivity index (χ1v) is 17.9. The van der Waals surface area contributed by atoms with E-state index in [4.69, 9.17) is 18.7 Å². The van der Waals surface area contributed by atoms with Crippen LogP contribution in [0.25, 0.3) is 0 Å². The summed E-state index contributed by atoms with van der Waals surface area (Å²) in [6.45, 7) is 10.8. The van der Waals surface area contributed by atoms with Gasteiger partial charge >= 0.3 is 0 Å². The Balaban J connectivity index is 1.63. The molecule has 1 aliphatic rings. The maximum Gasteiger partial charge on any atom is 0.267 e. The molecule has 1 aromatic heterocycles. The lowest BCUT2D eigenvalue weighted by Crippen LogP contribution is -2.47. The quantitative estimate of drug-likeness (QED) is 0.298. The monoisotopic (exact) mass is 686 g/mol. The van der Waals surface area contributed by atoms with Crippen molar-refractivity contribution in [1.29, 1.82) is 0 Å². The van der Waals surface area contributed by atoms with Gasteiger partial charge in [-0.2, -0.15) is 0 Å². The number of nitrogens with zero attached hydrogens (tertiary/aromatic N) is 3. The summed E-state index contributed by atoms with van der Waals surface area (Å²) in [5, 5.41) is 14.0. The van der Waals surface area contributed by atoms with Gasteiger partial charge in [0.15, 0.2) is 10.7 Å². The molecule has 0 spiro atoms. The fourth-order valence-electron chi connectivity index (χ4n) is 5.93. The number of aryl methyl sites for hydroxylation is 2. The number of fused-ring (bicyclic) bond motifs is 1. The lowest BCUT2D eigenvalue weighted by Gasteiger charge is -2.36. The summed E-state index contributed by atoms with van der Waals surface area (Å²) < 4.78 is 52.3. The molecule has 1 aliphatic heterocycles. The van der Waals surface area contributed by atoms with Crippen LogP contribution in [0.3, 0.4) is 0 Å². The number of carbonyl (C=O) groups is 1. The number of benzene rings is 2. The normalized spacial score (nSPS) is 20.5. The smallest absolute Gasteiger partial charge is 0.267 e. The van der Waals surface area contributed by atoms with Crippen molar-refractivity contribution in [3.63, 3.8) is 0 Å². The van der Waals surface area contributed by atoms with E-state index in [2.05, 4.69) is 21.7 Å². The van der Waals surface area contributed by atoms with Crippen molar-refractivity contribution in [2.24, 2.45) is 5.92 Å². The van der Waals surface area contributed by atoms with Crippen LogP contribution in [0.15, 0.2) is 51.9 Å².